The van der Waals surface area contributed by atoms with Crippen LogP contribution in [0.2, 0.25) is 0 Å². The Balaban J connectivity index is 1.41. The van der Waals surface area contributed by atoms with Crippen molar-refractivity contribution < 1.29 is 28.3 Å². The van der Waals surface area contributed by atoms with Crippen molar-refractivity contribution in [3.63, 3.8) is 0 Å². The molecule has 8 heteroatoms. The highest BCUT2D eigenvalue weighted by atomic mass is 16.5. The number of Topliss-reactive ketones (excluding diaryl/α,β-unsaturated/α-hetero) is 1. The van der Waals surface area contributed by atoms with Crippen LogP contribution in [0.5, 0.6) is 5.75 Å². The Hall–Kier alpha value is -3.94. The van der Waals surface area contributed by atoms with Crippen molar-refractivity contribution in [2.45, 2.75) is 46.1 Å². The second-order valence-corrected chi connectivity index (χ2v) is 8.62. The summed E-state index contributed by atoms with van der Waals surface area (Å²) in [7, 11) is 1.53. The van der Waals surface area contributed by atoms with Gasteiger partial charge in [0, 0.05) is 48.2 Å². The van der Waals surface area contributed by atoms with Crippen molar-refractivity contribution in [2.75, 3.05) is 18.6 Å². The summed E-state index contributed by atoms with van der Waals surface area (Å²) in [5.74, 6) is -0.365. The average Bonchev–Trinajstić information content (AvgIpc) is 3.26. The summed E-state index contributed by atoms with van der Waals surface area (Å²) in [5.41, 5.74) is 3.18. The van der Waals surface area contributed by atoms with Crippen molar-refractivity contribution in [2.24, 2.45) is 0 Å². The van der Waals surface area contributed by atoms with Crippen LogP contribution in [-0.4, -0.2) is 37.4 Å². The predicted octanol–water partition coefficient (Wildman–Crippen LogP) is 3.77. The minimum Gasteiger partial charge on any atom is -0.497 e. The summed E-state index contributed by atoms with van der Waals surface area (Å²) in [4.78, 5) is 51.2. The van der Waals surface area contributed by atoms with Gasteiger partial charge in [-0.05, 0) is 68.1 Å². The molecule has 0 aliphatic carbocycles. The van der Waals surface area contributed by atoms with Crippen LogP contribution >= 0.6 is 0 Å². The Labute approximate surface area is 202 Å². The van der Waals surface area contributed by atoms with E-state index in [9.17, 15) is 19.2 Å². The highest BCUT2D eigenvalue weighted by Gasteiger charge is 2.25. The molecule has 1 amide bonds. The zero-order chi connectivity index (χ0) is 25.3. The van der Waals surface area contributed by atoms with E-state index in [0.29, 0.717) is 35.4 Å². The first-order valence-corrected chi connectivity index (χ1v) is 11.4. The number of methoxy groups -OCH3 is 1. The molecule has 4 rings (SSSR count). The van der Waals surface area contributed by atoms with E-state index in [2.05, 4.69) is 0 Å². The number of benzene rings is 2. The molecule has 35 heavy (non-hydrogen) atoms. The number of hydrogen-bond donors (Lipinski definition) is 0. The molecule has 1 aliphatic rings. The molecule has 1 atom stereocenters. The van der Waals surface area contributed by atoms with Crippen molar-refractivity contribution >= 4 is 34.3 Å². The molecule has 1 aromatic heterocycles. The number of carbonyl (C=O) groups excluding carboxylic acids is 3. The zero-order valence-corrected chi connectivity index (χ0v) is 20.2. The fourth-order valence-corrected chi connectivity index (χ4v) is 4.44. The normalized spacial score (nSPS) is 13.4. The van der Waals surface area contributed by atoms with E-state index in [-0.39, 0.29) is 24.5 Å². The molecule has 0 unspecified atom stereocenters. The molecule has 0 saturated carbocycles. The van der Waals surface area contributed by atoms with Gasteiger partial charge in [-0.3, -0.25) is 14.4 Å². The van der Waals surface area contributed by atoms with Crippen LogP contribution < -0.4 is 15.3 Å². The van der Waals surface area contributed by atoms with Gasteiger partial charge in [0.15, 0.2) is 6.10 Å². The number of anilines is 1. The number of esters is 1. The standard InChI is InChI=1S/C27H27NO7/c1-15-21-7-6-20(33-4)14-24(21)35-27(32)22(15)8-10-25(30)34-16(2)26(31)19-5-9-23-18(13-19)11-12-28(23)17(3)29/h5-7,9,13-14,16H,8,10-12H2,1-4H3/t16-/m1/s1. The van der Waals surface area contributed by atoms with Gasteiger partial charge in [-0.1, -0.05) is 0 Å². The maximum absolute atomic E-state index is 12.8. The molecular weight excluding hydrogens is 450 g/mol. The number of ketones is 1. The molecule has 0 radical (unpaired) electrons. The van der Waals surface area contributed by atoms with E-state index in [1.54, 1.807) is 48.2 Å². The monoisotopic (exact) mass is 477 g/mol. The van der Waals surface area contributed by atoms with Gasteiger partial charge in [0.05, 0.1) is 7.11 Å². The van der Waals surface area contributed by atoms with Crippen LogP contribution in [0.3, 0.4) is 0 Å². The molecule has 0 spiro atoms. The van der Waals surface area contributed by atoms with E-state index < -0.39 is 17.7 Å². The smallest absolute Gasteiger partial charge is 0.339 e. The molecule has 0 fully saturated rings. The van der Waals surface area contributed by atoms with Gasteiger partial charge in [-0.15, -0.1) is 0 Å². The van der Waals surface area contributed by atoms with Gasteiger partial charge >= 0.3 is 11.6 Å². The zero-order valence-electron chi connectivity index (χ0n) is 20.2. The molecule has 2 aromatic carbocycles. The van der Waals surface area contributed by atoms with Gasteiger partial charge in [0.2, 0.25) is 11.7 Å². The lowest BCUT2D eigenvalue weighted by molar-refractivity contribution is -0.146. The highest BCUT2D eigenvalue weighted by molar-refractivity contribution is 6.02. The second-order valence-electron chi connectivity index (χ2n) is 8.62. The largest absolute Gasteiger partial charge is 0.497 e. The third-order valence-electron chi connectivity index (χ3n) is 6.39. The summed E-state index contributed by atoms with van der Waals surface area (Å²) in [5, 5.41) is 0.761. The Kier molecular flexibility index (Phi) is 6.73. The number of carbonyl (C=O) groups is 3. The first kappa shape index (κ1) is 24.2. The van der Waals surface area contributed by atoms with Crippen LogP contribution in [0, 0.1) is 6.92 Å². The summed E-state index contributed by atoms with van der Waals surface area (Å²) >= 11 is 0. The van der Waals surface area contributed by atoms with Gasteiger partial charge in [-0.2, -0.15) is 0 Å². The molecule has 2 heterocycles. The third-order valence-corrected chi connectivity index (χ3v) is 6.39. The SMILES string of the molecule is COc1ccc2c(C)c(CCC(=O)O[C@H](C)C(=O)c3ccc4c(c3)CCN4C(C)=O)c(=O)oc2c1. The Morgan fingerprint density at radius 3 is 2.63 bits per heavy atom. The van der Waals surface area contributed by atoms with Crippen LogP contribution in [0.4, 0.5) is 5.69 Å². The maximum Gasteiger partial charge on any atom is 0.339 e. The number of ether oxygens (including phenoxy) is 2. The number of fused-ring (bicyclic) bond motifs is 2. The van der Waals surface area contributed by atoms with Crippen LogP contribution in [-0.2, 0) is 27.2 Å². The van der Waals surface area contributed by atoms with Crippen LogP contribution in [0.1, 0.15) is 47.3 Å². The van der Waals surface area contributed by atoms with Crippen molar-refractivity contribution in [3.05, 3.63) is 69.1 Å². The number of aryl methyl sites for hydroxylation is 1. The molecule has 182 valence electrons. The van der Waals surface area contributed by atoms with Crippen molar-refractivity contribution in [1.82, 2.24) is 0 Å². The molecule has 1 aliphatic heterocycles. The summed E-state index contributed by atoms with van der Waals surface area (Å²) in [6, 6.07) is 10.4. The third kappa shape index (κ3) is 4.82. The molecule has 0 N–H and O–H groups in total. The number of hydrogen-bond acceptors (Lipinski definition) is 7. The lowest BCUT2D eigenvalue weighted by atomic mass is 10.0. The van der Waals surface area contributed by atoms with E-state index in [1.807, 2.05) is 0 Å². The Bertz CT molecular complexity index is 1390. The minimum absolute atomic E-state index is 0.0412. The van der Waals surface area contributed by atoms with Crippen molar-refractivity contribution in [3.8, 4) is 5.75 Å². The minimum atomic E-state index is -0.979. The number of nitrogens with zero attached hydrogens (tertiary/aromatic N) is 1. The van der Waals surface area contributed by atoms with E-state index in [0.717, 1.165) is 22.2 Å². The first-order valence-electron chi connectivity index (χ1n) is 11.4. The first-order chi connectivity index (χ1) is 16.7. The van der Waals surface area contributed by atoms with Crippen LogP contribution in [0.25, 0.3) is 11.0 Å². The lowest BCUT2D eigenvalue weighted by Gasteiger charge is -2.16. The summed E-state index contributed by atoms with van der Waals surface area (Å²) in [6.45, 7) is 5.43. The second kappa shape index (κ2) is 9.74. The molecule has 8 nitrogen and oxygen atoms in total. The quantitative estimate of drug-likeness (QED) is 0.290. The molecule has 0 bridgehead atoms. The summed E-state index contributed by atoms with van der Waals surface area (Å²) in [6.07, 6.45) is -0.240. The number of amides is 1. The van der Waals surface area contributed by atoms with E-state index in [4.69, 9.17) is 13.9 Å². The lowest BCUT2D eigenvalue weighted by Crippen LogP contribution is -2.26. The van der Waals surface area contributed by atoms with Gasteiger partial charge in [0.1, 0.15) is 11.3 Å². The molecule has 0 saturated heterocycles. The van der Waals surface area contributed by atoms with Crippen LogP contribution in [0.15, 0.2) is 45.6 Å². The summed E-state index contributed by atoms with van der Waals surface area (Å²) < 4.78 is 15.9. The average molecular weight is 478 g/mol. The fourth-order valence-electron chi connectivity index (χ4n) is 4.44. The highest BCUT2D eigenvalue weighted by Crippen LogP contribution is 2.29. The Morgan fingerprint density at radius 2 is 1.91 bits per heavy atom. The van der Waals surface area contributed by atoms with Gasteiger partial charge < -0.3 is 18.8 Å². The van der Waals surface area contributed by atoms with Crippen molar-refractivity contribution in [1.29, 1.82) is 0 Å². The van der Waals surface area contributed by atoms with Gasteiger partial charge in [0.25, 0.3) is 0 Å². The number of rotatable bonds is 7. The maximum atomic E-state index is 12.8. The molecular formula is C27H27NO7. The van der Waals surface area contributed by atoms with E-state index in [1.165, 1.54) is 21.0 Å². The Morgan fingerprint density at radius 1 is 1.14 bits per heavy atom. The molecule has 3 aromatic rings. The van der Waals surface area contributed by atoms with Gasteiger partial charge in [-0.25, -0.2) is 4.79 Å². The topological polar surface area (TPSA) is 103 Å². The predicted molar refractivity (Wildman–Crippen MR) is 130 cm³/mol. The van der Waals surface area contributed by atoms with E-state index >= 15 is 0 Å². The fraction of sp³-hybridized carbons (Fsp3) is 0.333.